The fourth-order valence-electron chi connectivity index (χ4n) is 4.27. The lowest BCUT2D eigenvalue weighted by atomic mass is 9.73. The maximum Gasteiger partial charge on any atom is 0.260 e. The number of benzene rings is 1. The van der Waals surface area contributed by atoms with E-state index in [1.807, 2.05) is 0 Å². The smallest absolute Gasteiger partial charge is 0.260 e. The average molecular weight is 480 g/mol. The van der Waals surface area contributed by atoms with Crippen LogP contribution in [0.5, 0.6) is 5.75 Å². The van der Waals surface area contributed by atoms with Crippen LogP contribution in [-0.2, 0) is 19.1 Å². The van der Waals surface area contributed by atoms with E-state index in [0.29, 0.717) is 62.9 Å². The maximum atomic E-state index is 13.3. The summed E-state index contributed by atoms with van der Waals surface area (Å²) in [4.78, 5) is 40.0. The number of likely N-dealkylation sites (tertiary alicyclic amines) is 1. The number of hydrogen-bond acceptors (Lipinski definition) is 5. The van der Waals surface area contributed by atoms with Crippen molar-refractivity contribution in [2.45, 2.75) is 51.5 Å². The Balaban J connectivity index is 1.58. The fraction of sp³-hybridized carbons (Fsp3) is 0.625. The molecule has 8 nitrogen and oxygen atoms in total. The van der Waals surface area contributed by atoms with Crippen LogP contribution in [0.4, 0.5) is 0 Å². The largest absolute Gasteiger partial charge is 0.484 e. The highest BCUT2D eigenvalue weighted by atomic mass is 35.5. The van der Waals surface area contributed by atoms with E-state index in [1.165, 1.54) is 0 Å². The molecule has 2 saturated heterocycles. The van der Waals surface area contributed by atoms with Gasteiger partial charge in [0.15, 0.2) is 6.61 Å². The fourth-order valence-corrected chi connectivity index (χ4v) is 4.39. The summed E-state index contributed by atoms with van der Waals surface area (Å²) in [5.74, 6) is 0.179. The Morgan fingerprint density at radius 2 is 1.82 bits per heavy atom. The summed E-state index contributed by atoms with van der Waals surface area (Å²) < 4.78 is 11.2. The van der Waals surface area contributed by atoms with Crippen molar-refractivity contribution in [3.8, 4) is 5.75 Å². The summed E-state index contributed by atoms with van der Waals surface area (Å²) in [6.45, 7) is 4.39. The standard InChI is InChI=1S/C24H34ClN3O5/c1-18-22(30)26-12-4-16-32-15-3-2-9-24(23(31)27-18)10-13-28(14-11-24)21(29)17-33-20-7-5-19(25)6-8-20/h5-8,18H,2-4,9-17H2,1H3,(H,26,30)(H,27,31)/t18-/m0/s1. The molecule has 1 aromatic rings. The summed E-state index contributed by atoms with van der Waals surface area (Å²) in [5.41, 5.74) is -0.591. The van der Waals surface area contributed by atoms with E-state index < -0.39 is 11.5 Å². The Kier molecular flexibility index (Phi) is 9.38. The lowest BCUT2D eigenvalue weighted by Crippen LogP contribution is -2.54. The predicted molar refractivity (Wildman–Crippen MR) is 125 cm³/mol. The molecule has 33 heavy (non-hydrogen) atoms. The Morgan fingerprint density at radius 1 is 1.12 bits per heavy atom. The first-order valence-electron chi connectivity index (χ1n) is 11.7. The van der Waals surface area contributed by atoms with Crippen molar-refractivity contribution in [1.29, 1.82) is 0 Å². The summed E-state index contributed by atoms with van der Waals surface area (Å²) in [6.07, 6.45) is 4.32. The zero-order valence-electron chi connectivity index (χ0n) is 19.2. The van der Waals surface area contributed by atoms with E-state index in [0.717, 1.165) is 19.3 Å². The minimum atomic E-state index is -0.606. The van der Waals surface area contributed by atoms with E-state index in [2.05, 4.69) is 10.6 Å². The quantitative estimate of drug-likeness (QED) is 0.694. The number of rotatable bonds is 3. The number of ether oxygens (including phenoxy) is 2. The normalized spacial score (nSPS) is 22.7. The number of piperidine rings is 1. The number of carbonyl (C=O) groups excluding carboxylic acids is 3. The lowest BCUT2D eigenvalue weighted by Gasteiger charge is -2.41. The summed E-state index contributed by atoms with van der Waals surface area (Å²) in [7, 11) is 0. The third-order valence-corrected chi connectivity index (χ3v) is 6.68. The molecule has 1 aromatic carbocycles. The monoisotopic (exact) mass is 479 g/mol. The maximum absolute atomic E-state index is 13.3. The van der Waals surface area contributed by atoms with Gasteiger partial charge in [-0.3, -0.25) is 14.4 Å². The van der Waals surface area contributed by atoms with Crippen molar-refractivity contribution in [3.63, 3.8) is 0 Å². The molecule has 1 spiro atoms. The Morgan fingerprint density at radius 3 is 2.55 bits per heavy atom. The van der Waals surface area contributed by atoms with E-state index in [-0.39, 0.29) is 24.3 Å². The number of nitrogens with zero attached hydrogens (tertiary/aromatic N) is 1. The average Bonchev–Trinajstić information content (AvgIpc) is 2.82. The van der Waals surface area contributed by atoms with Gasteiger partial charge in [0.1, 0.15) is 11.8 Å². The van der Waals surface area contributed by atoms with Crippen LogP contribution in [0.25, 0.3) is 0 Å². The zero-order valence-corrected chi connectivity index (χ0v) is 20.0. The highest BCUT2D eigenvalue weighted by Gasteiger charge is 2.42. The van der Waals surface area contributed by atoms with Crippen molar-refractivity contribution in [2.75, 3.05) is 39.5 Å². The second kappa shape index (κ2) is 12.2. The van der Waals surface area contributed by atoms with Gasteiger partial charge in [-0.2, -0.15) is 0 Å². The molecule has 2 aliphatic rings. The van der Waals surface area contributed by atoms with Gasteiger partial charge in [-0.25, -0.2) is 0 Å². The molecule has 2 N–H and O–H groups in total. The second-order valence-corrected chi connectivity index (χ2v) is 9.25. The van der Waals surface area contributed by atoms with E-state index in [4.69, 9.17) is 21.1 Å². The van der Waals surface area contributed by atoms with Crippen LogP contribution < -0.4 is 15.4 Å². The first-order chi connectivity index (χ1) is 15.9. The number of carbonyl (C=O) groups is 3. The van der Waals surface area contributed by atoms with Crippen LogP contribution in [0, 0.1) is 5.41 Å². The first kappa shape index (κ1) is 25.3. The molecule has 3 amide bonds. The topological polar surface area (TPSA) is 97.0 Å². The van der Waals surface area contributed by atoms with Gasteiger partial charge >= 0.3 is 0 Å². The molecule has 0 bridgehead atoms. The Labute approximate surface area is 200 Å². The SMILES string of the molecule is C[C@@H]1NC(=O)C2(CCCCOCCCNC1=O)CCN(C(=O)COc1ccc(Cl)cc1)CC2. The van der Waals surface area contributed by atoms with Gasteiger partial charge in [-0.05, 0) is 63.3 Å². The van der Waals surface area contributed by atoms with Crippen LogP contribution in [0.15, 0.2) is 24.3 Å². The predicted octanol–water partition coefficient (Wildman–Crippen LogP) is 2.54. The molecule has 2 aliphatic heterocycles. The van der Waals surface area contributed by atoms with Crippen molar-refractivity contribution < 1.29 is 23.9 Å². The zero-order chi connectivity index (χ0) is 23.7. The van der Waals surface area contributed by atoms with Crippen molar-refractivity contribution >= 4 is 29.3 Å². The second-order valence-electron chi connectivity index (χ2n) is 8.81. The molecule has 0 aliphatic carbocycles. The van der Waals surface area contributed by atoms with Gasteiger partial charge in [0.25, 0.3) is 5.91 Å². The van der Waals surface area contributed by atoms with E-state index >= 15 is 0 Å². The van der Waals surface area contributed by atoms with Crippen LogP contribution in [0.3, 0.4) is 0 Å². The van der Waals surface area contributed by atoms with E-state index in [1.54, 1.807) is 36.1 Å². The molecule has 0 saturated carbocycles. The molecule has 1 atom stereocenters. The van der Waals surface area contributed by atoms with Crippen LogP contribution in [0.2, 0.25) is 5.02 Å². The van der Waals surface area contributed by atoms with Crippen molar-refractivity contribution in [1.82, 2.24) is 15.5 Å². The molecule has 9 heteroatoms. The van der Waals surface area contributed by atoms with Gasteiger partial charge in [0.2, 0.25) is 11.8 Å². The van der Waals surface area contributed by atoms with Gasteiger partial charge < -0.3 is 25.0 Å². The van der Waals surface area contributed by atoms with Gasteiger partial charge in [-0.15, -0.1) is 0 Å². The van der Waals surface area contributed by atoms with Crippen LogP contribution in [0.1, 0.15) is 45.4 Å². The highest BCUT2D eigenvalue weighted by molar-refractivity contribution is 6.30. The summed E-state index contributed by atoms with van der Waals surface area (Å²) in [6, 6.07) is 6.27. The molecule has 0 radical (unpaired) electrons. The number of halogens is 1. The molecule has 0 aromatic heterocycles. The van der Waals surface area contributed by atoms with Crippen molar-refractivity contribution in [3.05, 3.63) is 29.3 Å². The number of hydrogen-bond donors (Lipinski definition) is 2. The minimum absolute atomic E-state index is 0.0601. The Hall–Kier alpha value is -2.32. The summed E-state index contributed by atoms with van der Waals surface area (Å²) >= 11 is 5.88. The van der Waals surface area contributed by atoms with Crippen LogP contribution >= 0.6 is 11.6 Å². The third kappa shape index (κ3) is 7.33. The number of amides is 3. The minimum Gasteiger partial charge on any atom is -0.484 e. The molecule has 182 valence electrons. The van der Waals surface area contributed by atoms with Crippen LogP contribution in [-0.4, -0.2) is 68.1 Å². The molecule has 2 heterocycles. The lowest BCUT2D eigenvalue weighted by molar-refractivity contribution is -0.143. The Bertz CT molecular complexity index is 809. The third-order valence-electron chi connectivity index (χ3n) is 6.43. The molecule has 0 unspecified atom stereocenters. The first-order valence-corrected chi connectivity index (χ1v) is 12.1. The summed E-state index contributed by atoms with van der Waals surface area (Å²) in [5, 5.41) is 6.37. The van der Waals surface area contributed by atoms with E-state index in [9.17, 15) is 14.4 Å². The highest BCUT2D eigenvalue weighted by Crippen LogP contribution is 2.37. The molecular formula is C24H34ClN3O5. The molecular weight excluding hydrogens is 446 g/mol. The number of nitrogens with one attached hydrogen (secondary N) is 2. The van der Waals surface area contributed by atoms with Gasteiger partial charge in [0, 0.05) is 37.9 Å². The molecule has 3 rings (SSSR count). The van der Waals surface area contributed by atoms with Gasteiger partial charge in [0.05, 0.1) is 5.41 Å². The molecule has 2 fully saturated rings. The van der Waals surface area contributed by atoms with Crippen molar-refractivity contribution in [2.24, 2.45) is 5.41 Å². The van der Waals surface area contributed by atoms with Gasteiger partial charge in [-0.1, -0.05) is 18.0 Å².